The molecule has 0 spiro atoms. The summed E-state index contributed by atoms with van der Waals surface area (Å²) in [5, 5.41) is 0. The first-order valence-electron chi connectivity index (χ1n) is 5.84. The van der Waals surface area contributed by atoms with E-state index in [9.17, 15) is 9.59 Å². The number of ether oxygens (including phenoxy) is 2. The fourth-order valence-corrected chi connectivity index (χ4v) is 1.45. The van der Waals surface area contributed by atoms with E-state index in [2.05, 4.69) is 9.47 Å². The van der Waals surface area contributed by atoms with Gasteiger partial charge in [-0.3, -0.25) is 9.59 Å². The second-order valence-electron chi connectivity index (χ2n) is 3.77. The van der Waals surface area contributed by atoms with Crippen LogP contribution < -0.4 is 6.15 Å². The standard InChI is InChI=1S/C12H22O4.H3N/c1-15-11(13)9-7-5-3-4-6-8-10-12(14)16-2;/h3-10H2,1-2H3;1H3. The van der Waals surface area contributed by atoms with Crippen molar-refractivity contribution in [2.45, 2.75) is 51.4 Å². The minimum Gasteiger partial charge on any atom is -0.469 e. The Kier molecular flexibility index (Phi) is 13.9. The van der Waals surface area contributed by atoms with Crippen LogP contribution in [0.5, 0.6) is 0 Å². The van der Waals surface area contributed by atoms with E-state index in [0.29, 0.717) is 12.8 Å². The first kappa shape index (κ1) is 18.3. The molecule has 102 valence electrons. The van der Waals surface area contributed by atoms with Crippen LogP contribution in [0.1, 0.15) is 51.4 Å². The monoisotopic (exact) mass is 247 g/mol. The van der Waals surface area contributed by atoms with E-state index >= 15 is 0 Å². The summed E-state index contributed by atoms with van der Waals surface area (Å²) in [4.78, 5) is 21.6. The molecule has 0 saturated heterocycles. The third-order valence-corrected chi connectivity index (χ3v) is 2.47. The van der Waals surface area contributed by atoms with Crippen LogP contribution in [0.15, 0.2) is 0 Å². The number of carbonyl (C=O) groups is 2. The minimum absolute atomic E-state index is 0. The Morgan fingerprint density at radius 3 is 1.29 bits per heavy atom. The molecule has 0 bridgehead atoms. The normalized spacial score (nSPS) is 9.29. The Bertz CT molecular complexity index is 185. The first-order valence-corrected chi connectivity index (χ1v) is 5.84. The molecule has 5 heteroatoms. The van der Waals surface area contributed by atoms with Gasteiger partial charge in [0.15, 0.2) is 0 Å². The maximum absolute atomic E-state index is 10.8. The average molecular weight is 247 g/mol. The maximum atomic E-state index is 10.8. The van der Waals surface area contributed by atoms with Gasteiger partial charge >= 0.3 is 11.9 Å². The van der Waals surface area contributed by atoms with Crippen molar-refractivity contribution in [2.75, 3.05) is 14.2 Å². The zero-order valence-electron chi connectivity index (χ0n) is 11.0. The first-order chi connectivity index (χ1) is 7.70. The molecule has 0 radical (unpaired) electrons. The summed E-state index contributed by atoms with van der Waals surface area (Å²) >= 11 is 0. The molecule has 0 unspecified atom stereocenters. The van der Waals surface area contributed by atoms with Crippen LogP contribution in [-0.4, -0.2) is 26.2 Å². The third-order valence-electron chi connectivity index (χ3n) is 2.47. The largest absolute Gasteiger partial charge is 0.469 e. The van der Waals surface area contributed by atoms with Crippen LogP contribution in [0.4, 0.5) is 0 Å². The van der Waals surface area contributed by atoms with E-state index in [-0.39, 0.29) is 18.1 Å². The molecular weight excluding hydrogens is 222 g/mol. The van der Waals surface area contributed by atoms with E-state index in [4.69, 9.17) is 0 Å². The molecule has 0 aromatic heterocycles. The van der Waals surface area contributed by atoms with E-state index in [0.717, 1.165) is 38.5 Å². The fraction of sp³-hybridized carbons (Fsp3) is 0.833. The van der Waals surface area contributed by atoms with Crippen molar-refractivity contribution in [3.8, 4) is 0 Å². The van der Waals surface area contributed by atoms with Crippen LogP contribution in [0.2, 0.25) is 0 Å². The Hall–Kier alpha value is -1.10. The van der Waals surface area contributed by atoms with Crippen molar-refractivity contribution in [1.29, 1.82) is 0 Å². The summed E-state index contributed by atoms with van der Waals surface area (Å²) in [6, 6.07) is 0. The van der Waals surface area contributed by atoms with Gasteiger partial charge in [0.05, 0.1) is 14.2 Å². The molecule has 0 rings (SSSR count). The van der Waals surface area contributed by atoms with E-state index in [1.54, 1.807) is 0 Å². The molecule has 0 atom stereocenters. The number of rotatable bonds is 9. The van der Waals surface area contributed by atoms with E-state index in [1.807, 2.05) is 0 Å². The zero-order chi connectivity index (χ0) is 12.2. The molecule has 0 aliphatic rings. The SMILES string of the molecule is COC(=O)CCCCCCCCC(=O)OC.N. The predicted molar refractivity (Wildman–Crippen MR) is 66.0 cm³/mol. The van der Waals surface area contributed by atoms with Gasteiger partial charge < -0.3 is 15.6 Å². The second-order valence-corrected chi connectivity index (χ2v) is 3.77. The Morgan fingerprint density at radius 2 is 1.00 bits per heavy atom. The number of hydrogen-bond donors (Lipinski definition) is 1. The Morgan fingerprint density at radius 1 is 0.706 bits per heavy atom. The van der Waals surface area contributed by atoms with Gasteiger partial charge in [0, 0.05) is 12.8 Å². The lowest BCUT2D eigenvalue weighted by Crippen LogP contribution is -1.99. The van der Waals surface area contributed by atoms with Crippen molar-refractivity contribution < 1.29 is 19.1 Å². The van der Waals surface area contributed by atoms with E-state index in [1.165, 1.54) is 14.2 Å². The molecular formula is C12H25NO4. The summed E-state index contributed by atoms with van der Waals surface area (Å²) in [6.07, 6.45) is 7.13. The van der Waals surface area contributed by atoms with Gasteiger partial charge in [-0.25, -0.2) is 0 Å². The van der Waals surface area contributed by atoms with Gasteiger partial charge in [0.2, 0.25) is 0 Å². The lowest BCUT2D eigenvalue weighted by atomic mass is 10.1. The highest BCUT2D eigenvalue weighted by Crippen LogP contribution is 2.09. The van der Waals surface area contributed by atoms with Gasteiger partial charge in [0.25, 0.3) is 0 Å². The summed E-state index contributed by atoms with van der Waals surface area (Å²) in [6.45, 7) is 0. The van der Waals surface area contributed by atoms with Crippen molar-refractivity contribution in [2.24, 2.45) is 0 Å². The molecule has 3 N–H and O–H groups in total. The minimum atomic E-state index is -0.134. The lowest BCUT2D eigenvalue weighted by Gasteiger charge is -2.01. The number of unbranched alkanes of at least 4 members (excludes halogenated alkanes) is 5. The quantitative estimate of drug-likeness (QED) is 0.500. The van der Waals surface area contributed by atoms with Crippen molar-refractivity contribution >= 4 is 11.9 Å². The Labute approximate surface area is 103 Å². The van der Waals surface area contributed by atoms with Gasteiger partial charge in [-0.2, -0.15) is 0 Å². The average Bonchev–Trinajstić information content (AvgIpc) is 2.31. The van der Waals surface area contributed by atoms with Crippen LogP contribution >= 0.6 is 0 Å². The number of hydrogen-bond acceptors (Lipinski definition) is 5. The van der Waals surface area contributed by atoms with Crippen molar-refractivity contribution in [3.63, 3.8) is 0 Å². The highest BCUT2D eigenvalue weighted by Gasteiger charge is 2.00. The van der Waals surface area contributed by atoms with Crippen molar-refractivity contribution in [1.82, 2.24) is 6.15 Å². The summed E-state index contributed by atoms with van der Waals surface area (Å²) in [5.74, 6) is -0.267. The molecule has 5 nitrogen and oxygen atoms in total. The van der Waals surface area contributed by atoms with Gasteiger partial charge in [0.1, 0.15) is 0 Å². The molecule has 0 aliphatic heterocycles. The summed E-state index contributed by atoms with van der Waals surface area (Å²) in [7, 11) is 2.82. The lowest BCUT2D eigenvalue weighted by molar-refractivity contribution is -0.141. The highest BCUT2D eigenvalue weighted by atomic mass is 16.5. The molecule has 0 amide bonds. The molecule has 0 heterocycles. The summed E-state index contributed by atoms with van der Waals surface area (Å²) in [5.41, 5.74) is 0. The number of methoxy groups -OCH3 is 2. The van der Waals surface area contributed by atoms with Gasteiger partial charge in [-0.05, 0) is 12.8 Å². The van der Waals surface area contributed by atoms with Crippen LogP contribution in [0.25, 0.3) is 0 Å². The van der Waals surface area contributed by atoms with Gasteiger partial charge in [-0.15, -0.1) is 0 Å². The molecule has 0 fully saturated rings. The summed E-state index contributed by atoms with van der Waals surface area (Å²) < 4.78 is 9.09. The van der Waals surface area contributed by atoms with Crippen LogP contribution in [-0.2, 0) is 19.1 Å². The number of carbonyl (C=O) groups excluding carboxylic acids is 2. The van der Waals surface area contributed by atoms with Crippen molar-refractivity contribution in [3.05, 3.63) is 0 Å². The number of esters is 2. The Balaban J connectivity index is 0. The topological polar surface area (TPSA) is 87.6 Å². The smallest absolute Gasteiger partial charge is 0.305 e. The molecule has 0 saturated carbocycles. The molecule has 0 aliphatic carbocycles. The fourth-order valence-electron chi connectivity index (χ4n) is 1.45. The van der Waals surface area contributed by atoms with Gasteiger partial charge in [-0.1, -0.05) is 25.7 Å². The zero-order valence-corrected chi connectivity index (χ0v) is 11.0. The maximum Gasteiger partial charge on any atom is 0.305 e. The molecule has 17 heavy (non-hydrogen) atoms. The predicted octanol–water partition coefficient (Wildman–Crippen LogP) is 2.62. The molecule has 0 aromatic carbocycles. The molecule has 0 aromatic rings. The third kappa shape index (κ3) is 12.8. The highest BCUT2D eigenvalue weighted by molar-refractivity contribution is 5.69. The second kappa shape index (κ2) is 13.0. The van der Waals surface area contributed by atoms with Crippen LogP contribution in [0, 0.1) is 0 Å². The van der Waals surface area contributed by atoms with Crippen LogP contribution in [0.3, 0.4) is 0 Å². The van der Waals surface area contributed by atoms with E-state index < -0.39 is 0 Å².